The van der Waals surface area contributed by atoms with Crippen LogP contribution < -0.4 is 10.6 Å². The van der Waals surface area contributed by atoms with Gasteiger partial charge in [-0.2, -0.15) is 0 Å². The maximum Gasteiger partial charge on any atom is 0.319 e. The number of nitrogens with one attached hydrogen (secondary N) is 2. The van der Waals surface area contributed by atoms with Crippen molar-refractivity contribution in [2.45, 2.75) is 84.1 Å². The van der Waals surface area contributed by atoms with Crippen molar-refractivity contribution in [2.24, 2.45) is 17.3 Å². The molecule has 0 saturated heterocycles. The van der Waals surface area contributed by atoms with Gasteiger partial charge in [-0.25, -0.2) is 0 Å². The molecule has 0 aromatic rings. The minimum Gasteiger partial charge on any atom is -0.464 e. The van der Waals surface area contributed by atoms with Crippen LogP contribution in [0.1, 0.15) is 61.3 Å². The number of ether oxygens (including phenoxy) is 3. The molecule has 0 aliphatic heterocycles. The summed E-state index contributed by atoms with van der Waals surface area (Å²) in [5.74, 6) is -2.43. The highest BCUT2D eigenvalue weighted by Gasteiger charge is 2.40. The molecular formula is C26H40Cl2N2O8. The van der Waals surface area contributed by atoms with Gasteiger partial charge < -0.3 is 24.8 Å². The van der Waals surface area contributed by atoms with Gasteiger partial charge in [0.05, 0.1) is 11.8 Å². The van der Waals surface area contributed by atoms with E-state index in [1.165, 1.54) is 20.8 Å². The number of amides is 2. The van der Waals surface area contributed by atoms with Crippen LogP contribution in [-0.2, 0) is 38.2 Å². The predicted molar refractivity (Wildman–Crippen MR) is 143 cm³/mol. The lowest BCUT2D eigenvalue weighted by atomic mass is 9.92. The van der Waals surface area contributed by atoms with E-state index >= 15 is 0 Å². The number of carbonyl (C=O) groups is 5. The van der Waals surface area contributed by atoms with Gasteiger partial charge in [-0.05, 0) is 47.5 Å². The van der Waals surface area contributed by atoms with Crippen molar-refractivity contribution in [3.05, 3.63) is 0 Å². The Kier molecular flexibility index (Phi) is 16.0. The number of hydrogen-bond acceptors (Lipinski definition) is 8. The Bertz CT molecular complexity index is 820. The van der Waals surface area contributed by atoms with Crippen LogP contribution in [0, 0.1) is 29.6 Å². The molecule has 0 rings (SSSR count). The predicted octanol–water partition coefficient (Wildman–Crippen LogP) is 2.57. The third kappa shape index (κ3) is 13.3. The molecule has 0 aliphatic carbocycles. The fourth-order valence-corrected chi connectivity index (χ4v) is 3.62. The fraction of sp³-hybridized carbons (Fsp3) is 0.731. The highest BCUT2D eigenvalue weighted by Crippen LogP contribution is 2.23. The Morgan fingerprint density at radius 3 is 1.45 bits per heavy atom. The summed E-state index contributed by atoms with van der Waals surface area (Å²) >= 11 is 12.2. The molecule has 0 spiro atoms. The van der Waals surface area contributed by atoms with E-state index in [9.17, 15) is 24.0 Å². The zero-order chi connectivity index (χ0) is 29.6. The van der Waals surface area contributed by atoms with Crippen LogP contribution in [0.2, 0.25) is 0 Å². The molecule has 10 nitrogen and oxygen atoms in total. The van der Waals surface area contributed by atoms with E-state index in [-0.39, 0.29) is 31.5 Å². The average molecular weight is 580 g/mol. The van der Waals surface area contributed by atoms with Crippen LogP contribution in [0.3, 0.4) is 0 Å². The molecular weight excluding hydrogens is 539 g/mol. The molecule has 0 aromatic heterocycles. The maximum absolute atomic E-state index is 12.7. The SMILES string of the molecule is C#CCOC(=O)C(C)(COC(=O)C(C)CC(Cl)C(=O)NC(C)C)COC(=O)C(C)CC(Cl)C(=O)NC(C)C. The summed E-state index contributed by atoms with van der Waals surface area (Å²) in [6, 6.07) is -0.225. The van der Waals surface area contributed by atoms with Crippen molar-refractivity contribution in [1.29, 1.82) is 0 Å². The van der Waals surface area contributed by atoms with Gasteiger partial charge in [0, 0.05) is 12.1 Å². The van der Waals surface area contributed by atoms with Crippen LogP contribution >= 0.6 is 23.2 Å². The first kappa shape index (κ1) is 35.5. The molecule has 12 heteroatoms. The molecule has 0 saturated carbocycles. The van der Waals surface area contributed by atoms with Gasteiger partial charge in [-0.1, -0.05) is 19.8 Å². The normalized spacial score (nSPS) is 15.7. The van der Waals surface area contributed by atoms with Gasteiger partial charge in [0.1, 0.15) is 29.4 Å². The molecule has 0 fully saturated rings. The van der Waals surface area contributed by atoms with E-state index in [0.717, 1.165) is 0 Å². The van der Waals surface area contributed by atoms with E-state index in [4.69, 9.17) is 43.8 Å². The van der Waals surface area contributed by atoms with E-state index in [0.29, 0.717) is 0 Å². The molecule has 38 heavy (non-hydrogen) atoms. The van der Waals surface area contributed by atoms with Crippen LogP contribution in [0.5, 0.6) is 0 Å². The molecule has 4 unspecified atom stereocenters. The number of rotatable bonds is 16. The summed E-state index contributed by atoms with van der Waals surface area (Å²) in [7, 11) is 0. The molecule has 0 aromatic carbocycles. The first-order valence-corrected chi connectivity index (χ1v) is 13.2. The number of alkyl halides is 2. The molecule has 216 valence electrons. The van der Waals surface area contributed by atoms with Gasteiger partial charge >= 0.3 is 17.9 Å². The Morgan fingerprint density at radius 1 is 0.763 bits per heavy atom. The molecule has 0 bridgehead atoms. The van der Waals surface area contributed by atoms with Gasteiger partial charge in [-0.3, -0.25) is 24.0 Å². The van der Waals surface area contributed by atoms with Crippen LogP contribution in [-0.4, -0.2) is 72.4 Å². The quantitative estimate of drug-likeness (QED) is 0.123. The second-order valence-corrected chi connectivity index (χ2v) is 11.1. The summed E-state index contributed by atoms with van der Waals surface area (Å²) in [4.78, 5) is 61.8. The Morgan fingerprint density at radius 2 is 1.13 bits per heavy atom. The molecule has 0 radical (unpaired) electrons. The number of terminal acetylenes is 1. The second-order valence-electron chi connectivity index (χ2n) is 10.1. The van der Waals surface area contributed by atoms with Crippen molar-refractivity contribution in [1.82, 2.24) is 10.6 Å². The standard InChI is InChI=1S/C26H40Cl2N2O8/c1-9-10-36-25(35)26(8,13-37-23(33)17(6)11-19(27)21(31)29-15(2)3)14-38-24(34)18(7)12-20(28)22(32)30-16(4)5/h1,15-20H,10-14H2,2-8H3,(H,29,31)(H,30,32). The van der Waals surface area contributed by atoms with Gasteiger partial charge in [0.2, 0.25) is 11.8 Å². The number of halogens is 2. The molecule has 2 amide bonds. The zero-order valence-corrected chi connectivity index (χ0v) is 24.6. The summed E-state index contributed by atoms with van der Waals surface area (Å²) in [6.07, 6.45) is 5.17. The lowest BCUT2D eigenvalue weighted by molar-refractivity contribution is -0.171. The number of esters is 3. The topological polar surface area (TPSA) is 137 Å². The highest BCUT2D eigenvalue weighted by molar-refractivity contribution is 6.31. The van der Waals surface area contributed by atoms with Gasteiger partial charge in [-0.15, -0.1) is 29.6 Å². The van der Waals surface area contributed by atoms with Crippen molar-refractivity contribution < 1.29 is 38.2 Å². The average Bonchev–Trinajstić information content (AvgIpc) is 2.82. The Balaban J connectivity index is 5.19. The number of hydrogen-bond donors (Lipinski definition) is 2. The summed E-state index contributed by atoms with van der Waals surface area (Å²) in [5, 5.41) is 3.41. The van der Waals surface area contributed by atoms with Crippen LogP contribution in [0.15, 0.2) is 0 Å². The van der Waals surface area contributed by atoms with Crippen LogP contribution in [0.4, 0.5) is 0 Å². The lowest BCUT2D eigenvalue weighted by Gasteiger charge is -2.27. The monoisotopic (exact) mass is 578 g/mol. The molecule has 4 atom stereocenters. The van der Waals surface area contributed by atoms with Crippen LogP contribution in [0.25, 0.3) is 0 Å². The molecule has 2 N–H and O–H groups in total. The smallest absolute Gasteiger partial charge is 0.319 e. The van der Waals surface area contributed by atoms with E-state index in [1.807, 2.05) is 0 Å². The second kappa shape index (κ2) is 17.2. The van der Waals surface area contributed by atoms with E-state index < -0.39 is 70.9 Å². The van der Waals surface area contributed by atoms with Crippen molar-refractivity contribution in [2.75, 3.05) is 19.8 Å². The van der Waals surface area contributed by atoms with Crippen molar-refractivity contribution in [3.8, 4) is 12.3 Å². The molecule has 0 heterocycles. The first-order chi connectivity index (χ1) is 17.5. The minimum absolute atomic E-state index is 0.00762. The van der Waals surface area contributed by atoms with Crippen molar-refractivity contribution in [3.63, 3.8) is 0 Å². The minimum atomic E-state index is -1.58. The fourth-order valence-electron chi connectivity index (χ4n) is 2.96. The maximum atomic E-state index is 12.7. The van der Waals surface area contributed by atoms with Crippen molar-refractivity contribution >= 4 is 52.9 Å². The highest BCUT2D eigenvalue weighted by atomic mass is 35.5. The lowest BCUT2D eigenvalue weighted by Crippen LogP contribution is -2.42. The number of carbonyl (C=O) groups excluding carboxylic acids is 5. The third-order valence-electron chi connectivity index (χ3n) is 5.20. The summed E-state index contributed by atoms with van der Waals surface area (Å²) < 4.78 is 15.6. The van der Waals surface area contributed by atoms with E-state index in [2.05, 4.69) is 16.6 Å². The zero-order valence-electron chi connectivity index (χ0n) is 23.1. The third-order valence-corrected chi connectivity index (χ3v) is 5.95. The molecule has 0 aliphatic rings. The first-order valence-electron chi connectivity index (χ1n) is 12.4. The largest absolute Gasteiger partial charge is 0.464 e. The summed E-state index contributed by atoms with van der Waals surface area (Å²) in [6.45, 7) is 10.3. The Labute approximate surface area is 235 Å². The van der Waals surface area contributed by atoms with Gasteiger partial charge in [0.15, 0.2) is 6.61 Å². The van der Waals surface area contributed by atoms with E-state index in [1.54, 1.807) is 27.7 Å². The van der Waals surface area contributed by atoms with Gasteiger partial charge in [0.25, 0.3) is 0 Å². The summed E-state index contributed by atoms with van der Waals surface area (Å²) in [5.41, 5.74) is -1.58. The Hall–Kier alpha value is -2.51.